The highest BCUT2D eigenvalue weighted by Gasteiger charge is 2.18. The van der Waals surface area contributed by atoms with Crippen molar-refractivity contribution in [2.24, 2.45) is 0 Å². The van der Waals surface area contributed by atoms with E-state index in [1.807, 2.05) is 0 Å². The Balaban J connectivity index is 2.74. The van der Waals surface area contributed by atoms with Crippen LogP contribution in [0.3, 0.4) is 0 Å². The first-order valence-electron chi connectivity index (χ1n) is 6.44. The minimum absolute atomic E-state index is 0.0165. The summed E-state index contributed by atoms with van der Waals surface area (Å²) in [6.45, 7) is 4.35. The van der Waals surface area contributed by atoms with E-state index in [0.29, 0.717) is 13.2 Å². The Morgan fingerprint density at radius 1 is 1.38 bits per heavy atom. The minimum atomic E-state index is -0.831. The number of rotatable bonds is 8. The largest absolute Gasteiger partial charge is 0.351 e. The van der Waals surface area contributed by atoms with E-state index in [9.17, 15) is 19.3 Å². The number of nitrogens with one attached hydrogen (secondary N) is 1. The number of non-ortho nitro benzene ring substituents is 1. The first kappa shape index (κ1) is 17.0. The van der Waals surface area contributed by atoms with Gasteiger partial charge in [0, 0.05) is 25.3 Å². The lowest BCUT2D eigenvalue weighted by molar-refractivity contribution is -0.384. The van der Waals surface area contributed by atoms with Crippen LogP contribution in [0.5, 0.6) is 0 Å². The van der Waals surface area contributed by atoms with Gasteiger partial charge in [0.25, 0.3) is 11.6 Å². The van der Waals surface area contributed by atoms with E-state index in [-0.39, 0.29) is 12.2 Å². The molecule has 0 saturated carbocycles. The maximum absolute atomic E-state index is 13.6. The van der Waals surface area contributed by atoms with Crippen LogP contribution in [0.15, 0.2) is 18.2 Å². The number of halogens is 1. The standard InChI is InChI=1S/C13H17FN2O5/c1-3-20-12(21-4-2)8-15-13(17)10-7-9(16(18)19)5-6-11(10)14/h5-7,12H,3-4,8H2,1-2H3,(H,15,17). The predicted molar refractivity (Wildman–Crippen MR) is 72.4 cm³/mol. The fourth-order valence-corrected chi connectivity index (χ4v) is 1.61. The molecule has 0 bridgehead atoms. The highest BCUT2D eigenvalue weighted by atomic mass is 19.1. The van der Waals surface area contributed by atoms with Crippen molar-refractivity contribution in [3.63, 3.8) is 0 Å². The molecule has 0 saturated heterocycles. The maximum Gasteiger partial charge on any atom is 0.270 e. The van der Waals surface area contributed by atoms with Crippen LogP contribution in [-0.2, 0) is 9.47 Å². The van der Waals surface area contributed by atoms with Crippen LogP contribution in [0, 0.1) is 15.9 Å². The van der Waals surface area contributed by atoms with Crippen LogP contribution in [0.25, 0.3) is 0 Å². The van der Waals surface area contributed by atoms with Gasteiger partial charge in [-0.1, -0.05) is 0 Å². The van der Waals surface area contributed by atoms with Crippen LogP contribution in [0.4, 0.5) is 10.1 Å². The molecule has 1 aromatic rings. The summed E-state index contributed by atoms with van der Waals surface area (Å²) in [5.41, 5.74) is -0.747. The van der Waals surface area contributed by atoms with Gasteiger partial charge in [0.1, 0.15) is 5.82 Å². The van der Waals surface area contributed by atoms with Crippen molar-refractivity contribution < 1.29 is 23.6 Å². The number of hydrogen-bond acceptors (Lipinski definition) is 5. The third-order valence-corrected chi connectivity index (χ3v) is 2.54. The zero-order valence-corrected chi connectivity index (χ0v) is 11.8. The Labute approximate surface area is 121 Å². The number of ether oxygens (including phenoxy) is 2. The number of carbonyl (C=O) groups is 1. The first-order chi connectivity index (χ1) is 9.99. The third-order valence-electron chi connectivity index (χ3n) is 2.54. The monoisotopic (exact) mass is 300 g/mol. The Morgan fingerprint density at radius 2 is 2.00 bits per heavy atom. The molecular formula is C13H17FN2O5. The second-order valence-corrected chi connectivity index (χ2v) is 3.97. The molecule has 0 atom stereocenters. The lowest BCUT2D eigenvalue weighted by atomic mass is 10.1. The molecule has 1 rings (SSSR count). The molecule has 0 aliphatic heterocycles. The van der Waals surface area contributed by atoms with Gasteiger partial charge in [-0.2, -0.15) is 0 Å². The Morgan fingerprint density at radius 3 is 2.52 bits per heavy atom. The molecule has 0 radical (unpaired) electrons. The van der Waals surface area contributed by atoms with Crippen molar-refractivity contribution in [3.05, 3.63) is 39.7 Å². The van der Waals surface area contributed by atoms with Gasteiger partial charge in [-0.15, -0.1) is 0 Å². The van der Waals surface area contributed by atoms with Gasteiger partial charge in [-0.3, -0.25) is 14.9 Å². The number of hydrogen-bond donors (Lipinski definition) is 1. The molecule has 0 aromatic heterocycles. The van der Waals surface area contributed by atoms with Crippen molar-refractivity contribution in [1.29, 1.82) is 0 Å². The van der Waals surface area contributed by atoms with Gasteiger partial charge in [0.05, 0.1) is 17.0 Å². The zero-order valence-electron chi connectivity index (χ0n) is 11.8. The number of nitrogens with zero attached hydrogens (tertiary/aromatic N) is 1. The van der Waals surface area contributed by atoms with Crippen molar-refractivity contribution >= 4 is 11.6 Å². The van der Waals surface area contributed by atoms with Crippen molar-refractivity contribution in [2.75, 3.05) is 19.8 Å². The number of nitro groups is 1. The van der Waals surface area contributed by atoms with Gasteiger partial charge >= 0.3 is 0 Å². The summed E-state index contributed by atoms with van der Waals surface area (Å²) in [5, 5.41) is 13.1. The molecule has 116 valence electrons. The summed E-state index contributed by atoms with van der Waals surface area (Å²) in [4.78, 5) is 21.8. The van der Waals surface area contributed by atoms with Gasteiger partial charge in [0.15, 0.2) is 6.29 Å². The van der Waals surface area contributed by atoms with E-state index in [2.05, 4.69) is 5.32 Å². The molecule has 7 nitrogen and oxygen atoms in total. The van der Waals surface area contributed by atoms with Gasteiger partial charge in [0.2, 0.25) is 0 Å². The topological polar surface area (TPSA) is 90.7 Å². The predicted octanol–water partition coefficient (Wildman–Crippen LogP) is 1.86. The molecule has 0 heterocycles. The van der Waals surface area contributed by atoms with Crippen LogP contribution < -0.4 is 5.32 Å². The van der Waals surface area contributed by atoms with Crippen molar-refractivity contribution in [2.45, 2.75) is 20.1 Å². The van der Waals surface area contributed by atoms with Crippen LogP contribution >= 0.6 is 0 Å². The summed E-state index contributed by atoms with van der Waals surface area (Å²) < 4.78 is 24.0. The molecule has 0 spiro atoms. The van der Waals surface area contributed by atoms with E-state index in [0.717, 1.165) is 18.2 Å². The molecule has 1 amide bonds. The van der Waals surface area contributed by atoms with Gasteiger partial charge < -0.3 is 14.8 Å². The first-order valence-corrected chi connectivity index (χ1v) is 6.44. The second kappa shape index (κ2) is 8.28. The normalized spacial score (nSPS) is 10.7. The van der Waals surface area contributed by atoms with Crippen LogP contribution in [0.1, 0.15) is 24.2 Å². The van der Waals surface area contributed by atoms with E-state index < -0.39 is 28.5 Å². The molecule has 1 N–H and O–H groups in total. The number of benzene rings is 1. The van der Waals surface area contributed by atoms with E-state index >= 15 is 0 Å². The van der Waals surface area contributed by atoms with Crippen molar-refractivity contribution in [1.82, 2.24) is 5.32 Å². The lowest BCUT2D eigenvalue weighted by Crippen LogP contribution is -2.35. The van der Waals surface area contributed by atoms with E-state index in [4.69, 9.17) is 9.47 Å². The summed E-state index contributed by atoms with van der Waals surface area (Å²) in [5.74, 6) is -1.59. The Bertz CT molecular complexity index is 503. The summed E-state index contributed by atoms with van der Waals surface area (Å²) in [6.07, 6.45) is -0.647. The highest BCUT2D eigenvalue weighted by molar-refractivity contribution is 5.95. The van der Waals surface area contributed by atoms with Gasteiger partial charge in [-0.05, 0) is 19.9 Å². The number of nitro benzene ring substituents is 1. The number of amides is 1. The van der Waals surface area contributed by atoms with Gasteiger partial charge in [-0.25, -0.2) is 4.39 Å². The zero-order chi connectivity index (χ0) is 15.8. The lowest BCUT2D eigenvalue weighted by Gasteiger charge is -2.17. The number of carbonyl (C=O) groups excluding carboxylic acids is 1. The maximum atomic E-state index is 13.6. The fraction of sp³-hybridized carbons (Fsp3) is 0.462. The molecule has 0 aliphatic carbocycles. The SMILES string of the molecule is CCOC(CNC(=O)c1cc([N+](=O)[O-])ccc1F)OCC. The van der Waals surface area contributed by atoms with E-state index in [1.165, 1.54) is 0 Å². The molecular weight excluding hydrogens is 283 g/mol. The Hall–Kier alpha value is -2.06. The molecule has 0 fully saturated rings. The molecule has 1 aromatic carbocycles. The highest BCUT2D eigenvalue weighted by Crippen LogP contribution is 2.16. The fourth-order valence-electron chi connectivity index (χ4n) is 1.61. The molecule has 0 aliphatic rings. The average Bonchev–Trinajstić information content (AvgIpc) is 2.45. The summed E-state index contributed by atoms with van der Waals surface area (Å²) in [7, 11) is 0. The van der Waals surface area contributed by atoms with Crippen molar-refractivity contribution in [3.8, 4) is 0 Å². The average molecular weight is 300 g/mol. The quantitative estimate of drug-likeness (QED) is 0.449. The molecule has 21 heavy (non-hydrogen) atoms. The Kier molecular flexibility index (Phi) is 6.70. The molecule has 8 heteroatoms. The van der Waals surface area contributed by atoms with E-state index in [1.54, 1.807) is 13.8 Å². The second-order valence-electron chi connectivity index (χ2n) is 3.97. The summed E-state index contributed by atoms with van der Waals surface area (Å²) in [6, 6.07) is 2.77. The minimum Gasteiger partial charge on any atom is -0.351 e. The third kappa shape index (κ3) is 5.09. The smallest absolute Gasteiger partial charge is 0.270 e. The van der Waals surface area contributed by atoms with Crippen LogP contribution in [0.2, 0.25) is 0 Å². The summed E-state index contributed by atoms with van der Waals surface area (Å²) >= 11 is 0. The van der Waals surface area contributed by atoms with Crippen LogP contribution in [-0.4, -0.2) is 36.9 Å². The molecule has 0 unspecified atom stereocenters.